The van der Waals surface area contributed by atoms with Crippen LogP contribution in [-0.4, -0.2) is 44.4 Å². The van der Waals surface area contributed by atoms with Crippen molar-refractivity contribution < 1.29 is 9.90 Å². The maximum Gasteiger partial charge on any atom is 0.227 e. The summed E-state index contributed by atoms with van der Waals surface area (Å²) in [7, 11) is 1.88. The number of hydrogen-bond donors (Lipinski definition) is 1. The quantitative estimate of drug-likeness (QED) is 0.872. The lowest BCUT2D eigenvalue weighted by Gasteiger charge is -2.28. The van der Waals surface area contributed by atoms with Crippen LogP contribution in [-0.2, 0) is 18.3 Å². The minimum absolute atomic E-state index is 0.0313. The van der Waals surface area contributed by atoms with Gasteiger partial charge in [-0.2, -0.15) is 5.10 Å². The molecule has 1 aromatic rings. The van der Waals surface area contributed by atoms with Gasteiger partial charge in [-0.1, -0.05) is 0 Å². The number of carbonyl (C=O) groups is 1. The largest absolute Gasteiger partial charge is 0.389 e. The Morgan fingerprint density at radius 1 is 1.42 bits per heavy atom. The number of nitrogens with zero attached hydrogens (tertiary/aromatic N) is 3. The Balaban J connectivity index is 2.83. The fourth-order valence-electron chi connectivity index (χ4n) is 2.18. The van der Waals surface area contributed by atoms with Gasteiger partial charge in [0.15, 0.2) is 0 Å². The van der Waals surface area contributed by atoms with Gasteiger partial charge in [-0.15, -0.1) is 0 Å². The number of hydrogen-bond acceptors (Lipinski definition) is 3. The van der Waals surface area contributed by atoms with Crippen LogP contribution in [0.4, 0.5) is 0 Å². The van der Waals surface area contributed by atoms with Crippen molar-refractivity contribution in [3.8, 4) is 0 Å². The molecule has 108 valence electrons. The van der Waals surface area contributed by atoms with E-state index in [1.807, 2.05) is 27.8 Å². The van der Waals surface area contributed by atoms with Crippen LogP contribution in [0.3, 0.4) is 0 Å². The maximum absolute atomic E-state index is 12.3. The maximum atomic E-state index is 12.3. The third kappa shape index (κ3) is 4.06. The summed E-state index contributed by atoms with van der Waals surface area (Å²) in [6.07, 6.45) is 0.343. The highest BCUT2D eigenvalue weighted by Gasteiger charge is 2.23. The predicted molar refractivity (Wildman–Crippen MR) is 74.9 cm³/mol. The lowest BCUT2D eigenvalue weighted by Crippen LogP contribution is -2.42. The Morgan fingerprint density at radius 3 is 2.37 bits per heavy atom. The molecule has 5 nitrogen and oxygen atoms in total. The van der Waals surface area contributed by atoms with Crippen LogP contribution >= 0.6 is 0 Å². The van der Waals surface area contributed by atoms with Gasteiger partial charge in [-0.25, -0.2) is 0 Å². The number of aryl methyl sites for hydroxylation is 2. The van der Waals surface area contributed by atoms with Crippen molar-refractivity contribution in [2.24, 2.45) is 7.05 Å². The smallest absolute Gasteiger partial charge is 0.227 e. The Bertz CT molecular complexity index is 458. The molecule has 1 heterocycles. The third-order valence-corrected chi connectivity index (χ3v) is 3.30. The van der Waals surface area contributed by atoms with E-state index in [-0.39, 0.29) is 5.91 Å². The van der Waals surface area contributed by atoms with Gasteiger partial charge >= 0.3 is 0 Å². The Morgan fingerprint density at radius 2 is 2.00 bits per heavy atom. The highest BCUT2D eigenvalue weighted by molar-refractivity contribution is 5.79. The summed E-state index contributed by atoms with van der Waals surface area (Å²) in [5.74, 6) is 0.0313. The topological polar surface area (TPSA) is 58.4 Å². The zero-order valence-corrected chi connectivity index (χ0v) is 12.8. The highest BCUT2D eigenvalue weighted by atomic mass is 16.3. The lowest BCUT2D eigenvalue weighted by molar-refractivity contribution is -0.133. The van der Waals surface area contributed by atoms with Gasteiger partial charge in [0.05, 0.1) is 17.7 Å². The standard InChI is InChI=1S/C14H25N3O2/c1-7-17(9-14(4,5)19)13(18)8-12-10(2)15-16(6)11(12)3/h19H,7-9H2,1-6H3. The van der Waals surface area contributed by atoms with Gasteiger partial charge in [0.2, 0.25) is 5.91 Å². The van der Waals surface area contributed by atoms with Crippen molar-refractivity contribution >= 4 is 5.91 Å². The molecular formula is C14H25N3O2. The van der Waals surface area contributed by atoms with Crippen molar-refractivity contribution in [2.75, 3.05) is 13.1 Å². The monoisotopic (exact) mass is 267 g/mol. The lowest BCUT2D eigenvalue weighted by atomic mass is 10.1. The van der Waals surface area contributed by atoms with E-state index in [0.29, 0.717) is 19.5 Å². The first kappa shape index (κ1) is 15.7. The molecule has 5 heteroatoms. The highest BCUT2D eigenvalue weighted by Crippen LogP contribution is 2.15. The Hall–Kier alpha value is -1.36. The fraction of sp³-hybridized carbons (Fsp3) is 0.714. The molecule has 1 aromatic heterocycles. The molecule has 0 aromatic carbocycles. The molecule has 0 saturated heterocycles. The first-order valence-corrected chi connectivity index (χ1v) is 6.65. The fourth-order valence-corrected chi connectivity index (χ4v) is 2.18. The van der Waals surface area contributed by atoms with Crippen LogP contribution in [0.25, 0.3) is 0 Å². The molecule has 0 unspecified atom stereocenters. The average Bonchev–Trinajstić information content (AvgIpc) is 2.51. The molecule has 19 heavy (non-hydrogen) atoms. The third-order valence-electron chi connectivity index (χ3n) is 3.30. The Labute approximate surface area is 115 Å². The zero-order valence-electron chi connectivity index (χ0n) is 12.8. The van der Waals surface area contributed by atoms with E-state index in [2.05, 4.69) is 5.10 Å². The number of aliphatic hydroxyl groups is 1. The van der Waals surface area contributed by atoms with Crippen molar-refractivity contribution in [2.45, 2.75) is 46.6 Å². The van der Waals surface area contributed by atoms with Crippen LogP contribution in [0.5, 0.6) is 0 Å². The SMILES string of the molecule is CCN(CC(C)(C)O)C(=O)Cc1c(C)nn(C)c1C. The average molecular weight is 267 g/mol. The number of carbonyl (C=O) groups excluding carboxylic acids is 1. The second-order valence-corrected chi connectivity index (χ2v) is 5.67. The van der Waals surface area contributed by atoms with Gasteiger partial charge in [0.25, 0.3) is 0 Å². The number of aromatic nitrogens is 2. The summed E-state index contributed by atoms with van der Waals surface area (Å²) in [4.78, 5) is 14.0. The van der Waals surface area contributed by atoms with E-state index in [4.69, 9.17) is 0 Å². The van der Waals surface area contributed by atoms with Crippen LogP contribution in [0.15, 0.2) is 0 Å². The molecule has 1 rings (SSSR count). The molecule has 1 N–H and O–H groups in total. The van der Waals surface area contributed by atoms with Crippen molar-refractivity contribution in [1.29, 1.82) is 0 Å². The first-order valence-electron chi connectivity index (χ1n) is 6.65. The minimum atomic E-state index is -0.870. The molecule has 0 bridgehead atoms. The van der Waals surface area contributed by atoms with Crippen molar-refractivity contribution in [1.82, 2.24) is 14.7 Å². The predicted octanol–water partition coefficient (Wildman–Crippen LogP) is 1.20. The van der Waals surface area contributed by atoms with Crippen molar-refractivity contribution in [3.63, 3.8) is 0 Å². The van der Waals surface area contributed by atoms with Crippen molar-refractivity contribution in [3.05, 3.63) is 17.0 Å². The molecule has 0 atom stereocenters. The van der Waals surface area contributed by atoms with Gasteiger partial charge in [0.1, 0.15) is 0 Å². The molecule has 0 aliphatic carbocycles. The number of likely N-dealkylation sites (N-methyl/N-ethyl adjacent to an activating group) is 1. The van der Waals surface area contributed by atoms with E-state index in [1.54, 1.807) is 23.4 Å². The van der Waals surface area contributed by atoms with E-state index in [0.717, 1.165) is 17.0 Å². The summed E-state index contributed by atoms with van der Waals surface area (Å²) >= 11 is 0. The van der Waals surface area contributed by atoms with E-state index in [1.165, 1.54) is 0 Å². The summed E-state index contributed by atoms with van der Waals surface area (Å²) in [5.41, 5.74) is 2.03. The van der Waals surface area contributed by atoms with Crippen LogP contribution in [0, 0.1) is 13.8 Å². The summed E-state index contributed by atoms with van der Waals surface area (Å²) < 4.78 is 1.80. The molecule has 0 saturated carbocycles. The zero-order chi connectivity index (χ0) is 14.8. The molecule has 0 radical (unpaired) electrons. The normalized spacial score (nSPS) is 11.7. The van der Waals surface area contributed by atoms with Crippen LogP contribution < -0.4 is 0 Å². The molecular weight excluding hydrogens is 242 g/mol. The summed E-state index contributed by atoms with van der Waals surface area (Å²) in [6.45, 7) is 10.2. The molecule has 0 spiro atoms. The van der Waals surface area contributed by atoms with Gasteiger partial charge in [0, 0.05) is 31.4 Å². The van der Waals surface area contributed by atoms with Gasteiger partial charge < -0.3 is 10.0 Å². The second kappa shape index (κ2) is 5.74. The molecule has 1 amide bonds. The molecule has 0 aliphatic rings. The molecule has 0 fully saturated rings. The number of amides is 1. The van der Waals surface area contributed by atoms with Gasteiger partial charge in [-0.05, 0) is 34.6 Å². The van der Waals surface area contributed by atoms with Crippen LogP contribution in [0.2, 0.25) is 0 Å². The van der Waals surface area contributed by atoms with Crippen LogP contribution in [0.1, 0.15) is 37.7 Å². The summed E-state index contributed by atoms with van der Waals surface area (Å²) in [5, 5.41) is 14.2. The van der Waals surface area contributed by atoms with Gasteiger partial charge in [-0.3, -0.25) is 9.48 Å². The van der Waals surface area contributed by atoms with E-state index >= 15 is 0 Å². The molecule has 0 aliphatic heterocycles. The Kier molecular flexibility index (Phi) is 4.74. The summed E-state index contributed by atoms with van der Waals surface area (Å²) in [6, 6.07) is 0. The van der Waals surface area contributed by atoms with E-state index < -0.39 is 5.60 Å². The van der Waals surface area contributed by atoms with E-state index in [9.17, 15) is 9.90 Å². The second-order valence-electron chi connectivity index (χ2n) is 5.67. The number of rotatable bonds is 5. The minimum Gasteiger partial charge on any atom is -0.389 e. The first-order chi connectivity index (χ1) is 8.65.